The Bertz CT molecular complexity index is 593. The number of rotatable bonds is 29. The predicted molar refractivity (Wildman–Crippen MR) is 170 cm³/mol. The van der Waals surface area contributed by atoms with Crippen LogP contribution in [0.25, 0.3) is 0 Å². The molecule has 246 valence electrons. The molecule has 6 heteroatoms. The van der Waals surface area contributed by atoms with E-state index in [2.05, 4.69) is 13.8 Å². The van der Waals surface area contributed by atoms with Gasteiger partial charge in [-0.05, 0) is 12.8 Å². The molecule has 2 atom stereocenters. The Balaban J connectivity index is 0. The van der Waals surface area contributed by atoms with Crippen LogP contribution >= 0.6 is 0 Å². The Morgan fingerprint density at radius 3 is 1.22 bits per heavy atom. The molecule has 0 aromatic rings. The van der Waals surface area contributed by atoms with E-state index in [1.165, 1.54) is 116 Å². The van der Waals surface area contributed by atoms with Crippen LogP contribution in [0.4, 0.5) is 0 Å². The third-order valence-electron chi connectivity index (χ3n) is 8.02. The van der Waals surface area contributed by atoms with Gasteiger partial charge >= 0.3 is 11.9 Å². The van der Waals surface area contributed by atoms with Crippen molar-refractivity contribution in [2.75, 3.05) is 27.7 Å². The Labute approximate surface area is 262 Å². The van der Waals surface area contributed by atoms with Crippen LogP contribution in [0.1, 0.15) is 174 Å². The van der Waals surface area contributed by atoms with Gasteiger partial charge in [-0.15, -0.1) is 0 Å². The van der Waals surface area contributed by atoms with Gasteiger partial charge in [-0.1, -0.05) is 155 Å². The van der Waals surface area contributed by atoms with Crippen LogP contribution < -0.4 is 12.4 Å². The number of nitrogens with zero attached hydrogens (tertiary/aromatic N) is 1. The second-order valence-electron chi connectivity index (χ2n) is 13.5. The molecule has 0 saturated carbocycles. The van der Waals surface area contributed by atoms with E-state index in [9.17, 15) is 14.7 Å². The number of carbonyl (C=O) groups excluding carboxylic acids is 2. The first-order chi connectivity index (χ1) is 19.2. The van der Waals surface area contributed by atoms with Gasteiger partial charge in [0, 0.05) is 0 Å². The van der Waals surface area contributed by atoms with Crippen LogP contribution in [-0.2, 0) is 14.3 Å². The molecule has 0 amide bonds. The highest BCUT2D eigenvalue weighted by atomic mass is 35.5. The van der Waals surface area contributed by atoms with E-state index in [0.29, 0.717) is 11.0 Å². The molecule has 0 spiro atoms. The predicted octanol–water partition coefficient (Wildman–Crippen LogP) is 6.54. The minimum Gasteiger partial charge on any atom is -1.00 e. The Hall–Kier alpha value is -0.650. The fourth-order valence-corrected chi connectivity index (χ4v) is 5.62. The van der Waals surface area contributed by atoms with Crippen molar-refractivity contribution >= 4 is 11.9 Å². The Kier molecular flexibility index (Phi) is 30.5. The molecule has 0 heterocycles. The fraction of sp³-hybridized carbons (Fsp3) is 0.943. The summed E-state index contributed by atoms with van der Waals surface area (Å²) in [5, 5.41) is 10.2. The van der Waals surface area contributed by atoms with Gasteiger partial charge in [0.1, 0.15) is 12.6 Å². The summed E-state index contributed by atoms with van der Waals surface area (Å²) in [6.45, 7) is 4.97. The van der Waals surface area contributed by atoms with E-state index in [1.54, 1.807) is 0 Å². The zero-order valence-corrected chi connectivity index (χ0v) is 28.8. The van der Waals surface area contributed by atoms with Crippen molar-refractivity contribution < 1.29 is 36.3 Å². The van der Waals surface area contributed by atoms with Crippen LogP contribution in [0.15, 0.2) is 0 Å². The summed E-state index contributed by atoms with van der Waals surface area (Å²) in [7, 11) is 5.91. The van der Waals surface area contributed by atoms with E-state index in [0.717, 1.165) is 38.5 Å². The van der Waals surface area contributed by atoms with Crippen molar-refractivity contribution in [3.05, 3.63) is 0 Å². The second-order valence-corrected chi connectivity index (χ2v) is 13.5. The van der Waals surface area contributed by atoms with Crippen LogP contribution in [0.5, 0.6) is 0 Å². The maximum Gasteiger partial charge on any atom is 0.316 e. The molecule has 0 aliphatic rings. The third kappa shape index (κ3) is 30.6. The Morgan fingerprint density at radius 1 is 0.585 bits per heavy atom. The highest BCUT2D eigenvalue weighted by Crippen LogP contribution is 2.22. The molecular weight excluding hydrogens is 534 g/mol. The fourth-order valence-electron chi connectivity index (χ4n) is 5.62. The lowest BCUT2D eigenvalue weighted by Gasteiger charge is -2.26. The molecule has 41 heavy (non-hydrogen) atoms. The quantitative estimate of drug-likeness (QED) is 0.0456. The minimum absolute atomic E-state index is 0. The Morgan fingerprint density at radius 2 is 0.902 bits per heavy atom. The summed E-state index contributed by atoms with van der Waals surface area (Å²) in [5.41, 5.74) is 0. The third-order valence-corrected chi connectivity index (χ3v) is 8.02. The first-order valence-corrected chi connectivity index (χ1v) is 17.4. The normalized spacial score (nSPS) is 13.0. The lowest BCUT2D eigenvalue weighted by atomic mass is 9.94. The number of quaternary nitrogens is 1. The summed E-state index contributed by atoms with van der Waals surface area (Å²) < 4.78 is 5.81. The van der Waals surface area contributed by atoms with Gasteiger partial charge in [0.05, 0.1) is 33.5 Å². The maximum atomic E-state index is 12.9. The summed E-state index contributed by atoms with van der Waals surface area (Å²) >= 11 is 0. The first-order valence-electron chi connectivity index (χ1n) is 17.4. The topological polar surface area (TPSA) is 63.6 Å². The molecule has 0 aromatic heterocycles. The van der Waals surface area contributed by atoms with Gasteiger partial charge in [0.2, 0.25) is 0 Å². The van der Waals surface area contributed by atoms with Crippen molar-refractivity contribution in [1.82, 2.24) is 0 Å². The molecule has 0 fully saturated rings. The van der Waals surface area contributed by atoms with Crippen LogP contribution in [0.3, 0.4) is 0 Å². The van der Waals surface area contributed by atoms with Crippen LogP contribution in [0.2, 0.25) is 0 Å². The first kappa shape index (κ1) is 42.5. The molecule has 5 nitrogen and oxygen atoms in total. The van der Waals surface area contributed by atoms with E-state index < -0.39 is 12.1 Å². The summed E-state index contributed by atoms with van der Waals surface area (Å²) in [4.78, 5) is 25.3. The average Bonchev–Trinajstić information content (AvgIpc) is 2.87. The van der Waals surface area contributed by atoms with E-state index >= 15 is 0 Å². The zero-order chi connectivity index (χ0) is 29.9. The van der Waals surface area contributed by atoms with Crippen molar-refractivity contribution in [3.63, 3.8) is 0 Å². The van der Waals surface area contributed by atoms with Gasteiger partial charge in [0.25, 0.3) is 0 Å². The van der Waals surface area contributed by atoms with Crippen LogP contribution in [0, 0.1) is 5.92 Å². The molecule has 0 radical (unpaired) electrons. The van der Waals surface area contributed by atoms with Gasteiger partial charge in [0.15, 0.2) is 0 Å². The number of esters is 2. The summed E-state index contributed by atoms with van der Waals surface area (Å²) in [6, 6.07) is 0. The van der Waals surface area contributed by atoms with Crippen molar-refractivity contribution in [3.8, 4) is 0 Å². The largest absolute Gasteiger partial charge is 1.00 e. The molecule has 0 saturated heterocycles. The lowest BCUT2D eigenvalue weighted by molar-refractivity contribution is -0.873. The van der Waals surface area contributed by atoms with Gasteiger partial charge in [-0.3, -0.25) is 9.59 Å². The summed E-state index contributed by atoms with van der Waals surface area (Å²) in [6.07, 6.45) is 29.0. The number of aliphatic hydroxyl groups is 1. The van der Waals surface area contributed by atoms with Gasteiger partial charge < -0.3 is 26.7 Å². The number of aliphatic hydroxyl groups excluding tert-OH is 1. The van der Waals surface area contributed by atoms with E-state index in [-0.39, 0.29) is 30.7 Å². The second kappa shape index (κ2) is 29.4. The molecular formula is C35H70ClNO4. The number of hydrogen-bond acceptors (Lipinski definition) is 4. The number of likely N-dealkylation sites (N-methyl/N-ethyl adjacent to an activating group) is 1. The molecule has 0 bridgehead atoms. The highest BCUT2D eigenvalue weighted by Gasteiger charge is 2.25. The van der Waals surface area contributed by atoms with E-state index in [4.69, 9.17) is 4.74 Å². The van der Waals surface area contributed by atoms with Crippen molar-refractivity contribution in [1.29, 1.82) is 0 Å². The van der Waals surface area contributed by atoms with Crippen LogP contribution in [-0.4, -0.2) is 55.3 Å². The molecule has 1 N–H and O–H groups in total. The zero-order valence-electron chi connectivity index (χ0n) is 28.0. The lowest BCUT2D eigenvalue weighted by Crippen LogP contribution is -3.00. The number of unbranched alkanes of at least 4 members (excludes halogenated alkanes) is 20. The maximum absolute atomic E-state index is 12.9. The minimum atomic E-state index is -0.794. The summed E-state index contributed by atoms with van der Waals surface area (Å²) in [5.74, 6) is -1.16. The number of ether oxygens (including phenoxy) is 1. The number of halogens is 1. The number of hydrogen-bond donors (Lipinski definition) is 1. The monoisotopic (exact) mass is 603 g/mol. The molecule has 0 rings (SSSR count). The van der Waals surface area contributed by atoms with Gasteiger partial charge in [-0.25, -0.2) is 0 Å². The molecule has 0 aliphatic carbocycles. The highest BCUT2D eigenvalue weighted by molar-refractivity contribution is 5.86. The molecule has 0 aliphatic heterocycles. The SMILES string of the molecule is CCCCCCCCCCCCCCC(CCCCCCCCCCCC)C(=O)OC(=O)CC(O)C[N+](C)(C)C.[Cl-]. The number of carbonyl (C=O) groups is 2. The van der Waals surface area contributed by atoms with Crippen molar-refractivity contribution in [2.24, 2.45) is 5.92 Å². The van der Waals surface area contributed by atoms with Gasteiger partial charge in [-0.2, -0.15) is 0 Å². The average molecular weight is 604 g/mol. The van der Waals surface area contributed by atoms with Crippen molar-refractivity contribution in [2.45, 2.75) is 180 Å². The standard InChI is InChI=1S/C35H70NO4.ClH/c1-6-8-10-12-14-16-18-19-21-23-25-27-29-32(28-26-24-22-20-17-15-13-11-9-7-2)35(39)40-34(38)30-33(37)31-36(3,4)5;/h32-33,37H,6-31H2,1-5H3;1H/q+1;/p-1. The molecule has 2 unspecified atom stereocenters. The molecule has 0 aromatic carbocycles. The van der Waals surface area contributed by atoms with E-state index in [1.807, 2.05) is 21.1 Å². The smallest absolute Gasteiger partial charge is 0.316 e.